The van der Waals surface area contributed by atoms with Gasteiger partial charge in [-0.1, -0.05) is 37.0 Å². The lowest BCUT2D eigenvalue weighted by Gasteiger charge is -2.41. The summed E-state index contributed by atoms with van der Waals surface area (Å²) in [5.41, 5.74) is 2.74. The lowest BCUT2D eigenvalue weighted by molar-refractivity contribution is -0.143. The van der Waals surface area contributed by atoms with Gasteiger partial charge in [-0.05, 0) is 44.7 Å². The van der Waals surface area contributed by atoms with Crippen molar-refractivity contribution < 1.29 is 14.7 Å². The fourth-order valence-electron chi connectivity index (χ4n) is 4.23. The highest BCUT2D eigenvalue weighted by Gasteiger charge is 2.41. The van der Waals surface area contributed by atoms with Crippen molar-refractivity contribution in [2.75, 3.05) is 19.6 Å². The Morgan fingerprint density at radius 2 is 1.84 bits per heavy atom. The van der Waals surface area contributed by atoms with E-state index in [0.717, 1.165) is 63.9 Å². The first-order valence-electron chi connectivity index (χ1n) is 9.51. The van der Waals surface area contributed by atoms with E-state index in [4.69, 9.17) is 9.94 Å². The summed E-state index contributed by atoms with van der Waals surface area (Å²) in [5, 5.41) is 9.17. The van der Waals surface area contributed by atoms with Crippen molar-refractivity contribution in [3.63, 3.8) is 0 Å². The Labute approximate surface area is 150 Å². The minimum atomic E-state index is -0.419. The molecule has 0 atom stereocenters. The van der Waals surface area contributed by atoms with Gasteiger partial charge in [0.15, 0.2) is 0 Å². The largest absolute Gasteiger partial charge is 0.490 e. The van der Waals surface area contributed by atoms with Gasteiger partial charge in [-0.3, -0.25) is 10.0 Å². The van der Waals surface area contributed by atoms with Crippen LogP contribution in [0, 0.1) is 12.3 Å². The maximum atomic E-state index is 12.3. The summed E-state index contributed by atoms with van der Waals surface area (Å²) in [6, 6.07) is 8.21. The average Bonchev–Trinajstić information content (AvgIpc) is 2.65. The van der Waals surface area contributed by atoms with Crippen molar-refractivity contribution >= 4 is 5.91 Å². The van der Waals surface area contributed by atoms with Gasteiger partial charge in [-0.2, -0.15) is 0 Å². The second-order valence-corrected chi connectivity index (χ2v) is 7.69. The number of likely N-dealkylation sites (tertiary alicyclic amines) is 1. The number of hydrogen-bond acceptors (Lipinski definition) is 4. The zero-order chi connectivity index (χ0) is 17.7. The predicted molar refractivity (Wildman–Crippen MR) is 96.7 cm³/mol. The fraction of sp³-hybridized carbons (Fsp3) is 0.650. The first-order valence-corrected chi connectivity index (χ1v) is 9.51. The summed E-state index contributed by atoms with van der Waals surface area (Å²) < 4.78 is 6.10. The van der Waals surface area contributed by atoms with Gasteiger partial charge in [0.05, 0.1) is 5.41 Å². The molecular weight excluding hydrogens is 316 g/mol. The molecule has 1 saturated heterocycles. The molecule has 2 fully saturated rings. The van der Waals surface area contributed by atoms with E-state index in [2.05, 4.69) is 24.0 Å². The molecule has 0 unspecified atom stereocenters. The van der Waals surface area contributed by atoms with Crippen LogP contribution < -0.4 is 10.2 Å². The highest BCUT2D eigenvalue weighted by molar-refractivity contribution is 5.81. The Kier molecular flexibility index (Phi) is 5.97. The fourth-order valence-corrected chi connectivity index (χ4v) is 4.23. The number of ether oxygens (including phenoxy) is 1. The van der Waals surface area contributed by atoms with Crippen molar-refractivity contribution in [1.82, 2.24) is 10.4 Å². The quantitative estimate of drug-likeness (QED) is 0.634. The van der Waals surface area contributed by atoms with Gasteiger partial charge in [0.25, 0.3) is 5.91 Å². The summed E-state index contributed by atoms with van der Waals surface area (Å²) in [6.07, 6.45) is 7.27. The van der Waals surface area contributed by atoms with Crippen molar-refractivity contribution in [2.45, 2.75) is 58.0 Å². The third kappa shape index (κ3) is 4.53. The molecule has 5 nitrogen and oxygen atoms in total. The van der Waals surface area contributed by atoms with Crippen molar-refractivity contribution in [1.29, 1.82) is 0 Å². The lowest BCUT2D eigenvalue weighted by Crippen LogP contribution is -2.51. The number of hydrogen-bond donors (Lipinski definition) is 2. The van der Waals surface area contributed by atoms with Gasteiger partial charge in [-0.15, -0.1) is 0 Å². The number of nitrogens with one attached hydrogen (secondary N) is 1. The maximum Gasteiger partial charge on any atom is 0.250 e. The van der Waals surface area contributed by atoms with E-state index in [9.17, 15) is 4.79 Å². The van der Waals surface area contributed by atoms with E-state index >= 15 is 0 Å². The van der Waals surface area contributed by atoms with E-state index in [0.29, 0.717) is 0 Å². The summed E-state index contributed by atoms with van der Waals surface area (Å²) >= 11 is 0. The second-order valence-electron chi connectivity index (χ2n) is 7.69. The molecule has 3 rings (SSSR count). The van der Waals surface area contributed by atoms with Crippen LogP contribution in [0.15, 0.2) is 24.3 Å². The smallest absolute Gasteiger partial charge is 0.250 e. The molecule has 138 valence electrons. The van der Waals surface area contributed by atoms with E-state index < -0.39 is 5.41 Å². The monoisotopic (exact) mass is 346 g/mol. The van der Waals surface area contributed by atoms with Gasteiger partial charge in [-0.25, -0.2) is 5.48 Å². The van der Waals surface area contributed by atoms with Crippen molar-refractivity contribution in [3.05, 3.63) is 29.8 Å². The summed E-state index contributed by atoms with van der Waals surface area (Å²) in [5.74, 6) is 0.734. The zero-order valence-electron chi connectivity index (χ0n) is 15.2. The van der Waals surface area contributed by atoms with E-state index in [1.54, 1.807) is 0 Å². The summed E-state index contributed by atoms with van der Waals surface area (Å²) in [6.45, 7) is 4.70. The Hall–Kier alpha value is -1.59. The van der Waals surface area contributed by atoms with Crippen molar-refractivity contribution in [2.24, 2.45) is 5.41 Å². The molecule has 1 aliphatic heterocycles. The zero-order valence-corrected chi connectivity index (χ0v) is 15.2. The minimum absolute atomic E-state index is 0.203. The molecule has 5 heteroatoms. The van der Waals surface area contributed by atoms with Crippen LogP contribution in [0.2, 0.25) is 0 Å². The molecule has 1 aromatic rings. The molecule has 2 aliphatic rings. The normalized spacial score (nSPS) is 21.7. The van der Waals surface area contributed by atoms with Crippen LogP contribution in [0.3, 0.4) is 0 Å². The number of aryl methyl sites for hydroxylation is 1. The lowest BCUT2D eigenvalue weighted by atomic mass is 9.73. The van der Waals surface area contributed by atoms with Gasteiger partial charge in [0.2, 0.25) is 0 Å². The number of benzene rings is 1. The molecule has 1 heterocycles. The first-order chi connectivity index (χ1) is 12.1. The highest BCUT2D eigenvalue weighted by Crippen LogP contribution is 2.38. The topological polar surface area (TPSA) is 61.8 Å². The Balaban J connectivity index is 1.52. The number of carbonyl (C=O) groups is 1. The predicted octanol–water partition coefficient (Wildman–Crippen LogP) is 3.29. The number of amides is 1. The number of carbonyl (C=O) groups excluding carboxylic acids is 1. The van der Waals surface area contributed by atoms with Crippen LogP contribution in [0.5, 0.6) is 5.75 Å². The van der Waals surface area contributed by atoms with Gasteiger partial charge < -0.3 is 9.64 Å². The number of hydroxylamine groups is 1. The third-order valence-corrected chi connectivity index (χ3v) is 5.78. The van der Waals surface area contributed by atoms with Gasteiger partial charge in [0.1, 0.15) is 11.9 Å². The van der Waals surface area contributed by atoms with Gasteiger partial charge in [0, 0.05) is 19.6 Å². The summed E-state index contributed by atoms with van der Waals surface area (Å²) in [4.78, 5) is 14.7. The van der Waals surface area contributed by atoms with E-state index in [1.807, 2.05) is 17.6 Å². The standard InChI is InChI=1S/C20H30N2O3/c1-16-5-7-17(8-6-16)25-18-9-13-22(14-10-18)15-20(19(23)21-24)11-3-2-4-12-20/h5-8,18,24H,2-4,9-15H2,1H3,(H,21,23). The Morgan fingerprint density at radius 1 is 1.20 bits per heavy atom. The van der Waals surface area contributed by atoms with E-state index in [1.165, 1.54) is 12.0 Å². The summed E-state index contributed by atoms with van der Waals surface area (Å²) in [7, 11) is 0. The van der Waals surface area contributed by atoms with Crippen LogP contribution in [0.25, 0.3) is 0 Å². The van der Waals surface area contributed by atoms with Crippen LogP contribution in [-0.4, -0.2) is 41.8 Å². The molecule has 0 bridgehead atoms. The molecule has 0 radical (unpaired) electrons. The molecule has 0 aromatic heterocycles. The Morgan fingerprint density at radius 3 is 2.44 bits per heavy atom. The average molecular weight is 346 g/mol. The number of piperidine rings is 1. The van der Waals surface area contributed by atoms with Gasteiger partial charge >= 0.3 is 0 Å². The molecule has 1 aliphatic carbocycles. The first kappa shape index (κ1) is 18.2. The molecule has 1 saturated carbocycles. The molecule has 2 N–H and O–H groups in total. The van der Waals surface area contributed by atoms with Crippen LogP contribution in [0.1, 0.15) is 50.5 Å². The SMILES string of the molecule is Cc1ccc(OC2CCN(CC3(C(=O)NO)CCCCC3)CC2)cc1. The molecular formula is C20H30N2O3. The van der Waals surface area contributed by atoms with Crippen LogP contribution >= 0.6 is 0 Å². The molecule has 1 aromatic carbocycles. The highest BCUT2D eigenvalue weighted by atomic mass is 16.5. The van der Waals surface area contributed by atoms with Crippen molar-refractivity contribution in [3.8, 4) is 5.75 Å². The number of rotatable bonds is 5. The maximum absolute atomic E-state index is 12.3. The third-order valence-electron chi connectivity index (χ3n) is 5.78. The second kappa shape index (κ2) is 8.19. The molecule has 25 heavy (non-hydrogen) atoms. The van der Waals surface area contributed by atoms with E-state index in [-0.39, 0.29) is 12.0 Å². The van der Waals surface area contributed by atoms with Crippen LogP contribution in [-0.2, 0) is 4.79 Å². The molecule has 1 amide bonds. The molecule has 0 spiro atoms. The minimum Gasteiger partial charge on any atom is -0.490 e. The number of nitrogens with zero attached hydrogens (tertiary/aromatic N) is 1. The Bertz CT molecular complexity index is 559. The van der Waals surface area contributed by atoms with Crippen LogP contribution in [0.4, 0.5) is 0 Å².